The van der Waals surface area contributed by atoms with Crippen molar-refractivity contribution < 1.29 is 13.9 Å². The van der Waals surface area contributed by atoms with Crippen LogP contribution in [0.1, 0.15) is 12.0 Å². The molecule has 2 aromatic carbocycles. The Bertz CT molecular complexity index is 1100. The molecule has 1 aliphatic heterocycles. The van der Waals surface area contributed by atoms with E-state index in [-0.39, 0.29) is 18.9 Å². The third-order valence-electron chi connectivity index (χ3n) is 5.36. The average molecular weight is 430 g/mol. The van der Waals surface area contributed by atoms with Crippen LogP contribution in [0.4, 0.5) is 5.69 Å². The second-order valence-corrected chi connectivity index (χ2v) is 7.80. The van der Waals surface area contributed by atoms with Crippen LogP contribution in [0.5, 0.6) is 0 Å². The summed E-state index contributed by atoms with van der Waals surface area (Å²) in [5.41, 5.74) is 3.29. The molecule has 2 heterocycles. The maximum absolute atomic E-state index is 12.8. The van der Waals surface area contributed by atoms with Gasteiger partial charge in [-0.15, -0.1) is 0 Å². The number of hydrogen-bond donors (Lipinski definition) is 0. The van der Waals surface area contributed by atoms with Crippen LogP contribution in [0.25, 0.3) is 11.1 Å². The average Bonchev–Trinajstić information content (AvgIpc) is 3.06. The molecule has 7 nitrogen and oxygen atoms in total. The largest absolute Gasteiger partial charge is 0.419 e. The number of hydrogen-bond acceptors (Lipinski definition) is 5. The van der Waals surface area contributed by atoms with Gasteiger partial charge >= 0.3 is 5.76 Å². The first-order valence-electron chi connectivity index (χ1n) is 9.96. The number of aromatic nitrogens is 1. The van der Waals surface area contributed by atoms with Gasteiger partial charge in [0.2, 0.25) is 5.91 Å². The van der Waals surface area contributed by atoms with E-state index in [2.05, 4.69) is 11.0 Å². The normalized spacial score (nSPS) is 14.3. The highest BCUT2D eigenvalue weighted by Gasteiger charge is 2.18. The smallest absolute Gasteiger partial charge is 0.408 e. The molecule has 0 atom stereocenters. The zero-order valence-electron chi connectivity index (χ0n) is 16.8. The van der Waals surface area contributed by atoms with Gasteiger partial charge in [-0.05, 0) is 23.8 Å². The summed E-state index contributed by atoms with van der Waals surface area (Å²) in [6.07, 6.45) is 0.202. The van der Waals surface area contributed by atoms with E-state index in [1.807, 2.05) is 18.2 Å². The van der Waals surface area contributed by atoms with Crippen molar-refractivity contribution in [2.75, 3.05) is 38.3 Å². The van der Waals surface area contributed by atoms with Crippen molar-refractivity contribution in [3.05, 3.63) is 63.6 Å². The van der Waals surface area contributed by atoms with E-state index in [9.17, 15) is 9.59 Å². The molecule has 1 aliphatic rings. The van der Waals surface area contributed by atoms with E-state index >= 15 is 0 Å². The summed E-state index contributed by atoms with van der Waals surface area (Å²) in [6, 6.07) is 13.2. The Morgan fingerprint density at radius 3 is 2.73 bits per heavy atom. The molecule has 30 heavy (non-hydrogen) atoms. The molecule has 0 unspecified atom stereocenters. The fourth-order valence-electron chi connectivity index (χ4n) is 3.75. The summed E-state index contributed by atoms with van der Waals surface area (Å²) in [7, 11) is 1.79. The Morgan fingerprint density at radius 2 is 1.93 bits per heavy atom. The summed E-state index contributed by atoms with van der Waals surface area (Å²) < 4.78 is 12.2. The number of rotatable bonds is 6. The Labute approximate surface area is 179 Å². The second-order valence-electron chi connectivity index (χ2n) is 7.36. The van der Waals surface area contributed by atoms with Gasteiger partial charge in [-0.2, -0.15) is 0 Å². The Hall–Kier alpha value is -2.77. The number of anilines is 1. The van der Waals surface area contributed by atoms with Gasteiger partial charge in [0, 0.05) is 56.4 Å². The number of fused-ring (bicyclic) bond motifs is 1. The molecule has 1 amide bonds. The third-order valence-corrected chi connectivity index (χ3v) is 5.59. The number of para-hydroxylation sites is 1. The highest BCUT2D eigenvalue weighted by molar-refractivity contribution is 6.31. The summed E-state index contributed by atoms with van der Waals surface area (Å²) in [6.45, 7) is 3.86. The van der Waals surface area contributed by atoms with Crippen LogP contribution in [0.3, 0.4) is 0 Å². The number of benzene rings is 2. The monoisotopic (exact) mass is 429 g/mol. The van der Waals surface area contributed by atoms with Crippen molar-refractivity contribution in [2.45, 2.75) is 19.5 Å². The lowest BCUT2D eigenvalue weighted by molar-refractivity contribution is -0.130. The molecular weight excluding hydrogens is 406 g/mol. The van der Waals surface area contributed by atoms with Crippen molar-refractivity contribution in [1.29, 1.82) is 0 Å². The lowest BCUT2D eigenvalue weighted by Crippen LogP contribution is -2.37. The molecule has 1 fully saturated rings. The van der Waals surface area contributed by atoms with Gasteiger partial charge < -0.3 is 19.0 Å². The molecule has 4 rings (SSSR count). The maximum atomic E-state index is 12.8. The number of oxazole rings is 1. The van der Waals surface area contributed by atoms with Crippen LogP contribution in [0.15, 0.2) is 51.7 Å². The van der Waals surface area contributed by atoms with Gasteiger partial charge in [-0.1, -0.05) is 29.8 Å². The molecule has 1 saturated heterocycles. The maximum Gasteiger partial charge on any atom is 0.419 e. The molecule has 8 heteroatoms. The summed E-state index contributed by atoms with van der Waals surface area (Å²) in [4.78, 5) is 28.9. The van der Waals surface area contributed by atoms with Crippen molar-refractivity contribution in [1.82, 2.24) is 9.47 Å². The molecule has 0 radical (unpaired) electrons. The first kappa shape index (κ1) is 20.5. The van der Waals surface area contributed by atoms with Crippen LogP contribution in [0, 0.1) is 0 Å². The van der Waals surface area contributed by atoms with Gasteiger partial charge in [0.15, 0.2) is 5.58 Å². The molecule has 158 valence electrons. The molecule has 0 aliphatic carbocycles. The van der Waals surface area contributed by atoms with E-state index < -0.39 is 5.76 Å². The summed E-state index contributed by atoms with van der Waals surface area (Å²) in [5.74, 6) is -0.526. The number of carbonyl (C=O) groups is 1. The van der Waals surface area contributed by atoms with Crippen molar-refractivity contribution in [3.63, 3.8) is 0 Å². The predicted molar refractivity (Wildman–Crippen MR) is 116 cm³/mol. The van der Waals surface area contributed by atoms with Crippen LogP contribution < -0.4 is 10.7 Å². The van der Waals surface area contributed by atoms with Crippen molar-refractivity contribution >= 4 is 34.3 Å². The lowest BCUT2D eigenvalue weighted by Gasteiger charge is -2.31. The van der Waals surface area contributed by atoms with Crippen LogP contribution in [-0.2, 0) is 22.6 Å². The van der Waals surface area contributed by atoms with Gasteiger partial charge in [0.1, 0.15) is 0 Å². The summed E-state index contributed by atoms with van der Waals surface area (Å²) >= 11 is 5.95. The van der Waals surface area contributed by atoms with Gasteiger partial charge in [0.25, 0.3) is 0 Å². The standard InChI is InChI=1S/C22H24ClN3O4/c1-24(15-16-4-2-3-5-18(16)25-10-12-29-13-11-25)21(27)8-9-26-19-7-6-17(23)14-20(19)30-22(26)28/h2-7,14H,8-13,15H2,1H3. The predicted octanol–water partition coefficient (Wildman–Crippen LogP) is 3.13. The molecular formula is C22H24ClN3O4. The number of ether oxygens (including phenoxy) is 1. The first-order chi connectivity index (χ1) is 14.5. The van der Waals surface area contributed by atoms with E-state index in [0.717, 1.165) is 24.3 Å². The third kappa shape index (κ3) is 4.37. The fourth-order valence-corrected chi connectivity index (χ4v) is 3.91. The Morgan fingerprint density at radius 1 is 1.17 bits per heavy atom. The van der Waals surface area contributed by atoms with Gasteiger partial charge in [-0.25, -0.2) is 4.79 Å². The second kappa shape index (κ2) is 8.93. The van der Waals surface area contributed by atoms with Crippen molar-refractivity contribution in [3.8, 4) is 0 Å². The zero-order chi connectivity index (χ0) is 21.1. The van der Waals surface area contributed by atoms with Crippen LogP contribution >= 0.6 is 11.6 Å². The number of aryl methyl sites for hydroxylation is 1. The molecule has 0 N–H and O–H groups in total. The molecule has 0 saturated carbocycles. The lowest BCUT2D eigenvalue weighted by atomic mass is 10.1. The topological polar surface area (TPSA) is 67.9 Å². The minimum atomic E-state index is -0.486. The van der Waals surface area contributed by atoms with Gasteiger partial charge in [-0.3, -0.25) is 9.36 Å². The number of carbonyl (C=O) groups excluding carboxylic acids is 1. The van der Waals surface area contributed by atoms with Crippen LogP contribution in [-0.4, -0.2) is 48.7 Å². The zero-order valence-corrected chi connectivity index (χ0v) is 17.6. The molecule has 1 aromatic heterocycles. The van der Waals surface area contributed by atoms with E-state index in [1.165, 1.54) is 4.57 Å². The minimum absolute atomic E-state index is 0.0398. The van der Waals surface area contributed by atoms with E-state index in [4.69, 9.17) is 20.8 Å². The van der Waals surface area contributed by atoms with E-state index in [0.29, 0.717) is 35.9 Å². The Balaban J connectivity index is 1.43. The Kier molecular flexibility index (Phi) is 6.11. The molecule has 3 aromatic rings. The quantitative estimate of drug-likeness (QED) is 0.602. The van der Waals surface area contributed by atoms with Crippen LogP contribution in [0.2, 0.25) is 5.02 Å². The number of halogens is 1. The van der Waals surface area contributed by atoms with Crippen molar-refractivity contribution in [2.24, 2.45) is 0 Å². The van der Waals surface area contributed by atoms with E-state index in [1.54, 1.807) is 30.1 Å². The molecule has 0 spiro atoms. The highest BCUT2D eigenvalue weighted by atomic mass is 35.5. The number of morpholine rings is 1. The minimum Gasteiger partial charge on any atom is -0.408 e. The number of amides is 1. The summed E-state index contributed by atoms with van der Waals surface area (Å²) in [5, 5.41) is 0.498. The SMILES string of the molecule is CN(Cc1ccccc1N1CCOCC1)C(=O)CCn1c(=O)oc2cc(Cl)ccc21. The molecule has 0 bridgehead atoms. The fraction of sp³-hybridized carbons (Fsp3) is 0.364. The van der Waals surface area contributed by atoms with Gasteiger partial charge in [0.05, 0.1) is 18.7 Å². The highest BCUT2D eigenvalue weighted by Crippen LogP contribution is 2.23. The first-order valence-corrected chi connectivity index (χ1v) is 10.3. The number of nitrogens with zero attached hydrogens (tertiary/aromatic N) is 3.